The zero-order chi connectivity index (χ0) is 13.0. The first-order valence-corrected chi connectivity index (χ1v) is 7.13. The quantitative estimate of drug-likeness (QED) is 0.877. The summed E-state index contributed by atoms with van der Waals surface area (Å²) in [4.78, 5) is 12.4. The van der Waals surface area contributed by atoms with Crippen LogP contribution in [-0.4, -0.2) is 17.6 Å². The minimum absolute atomic E-state index is 0.288. The van der Waals surface area contributed by atoms with E-state index >= 15 is 0 Å². The van der Waals surface area contributed by atoms with Gasteiger partial charge in [-0.1, -0.05) is 22.0 Å². The van der Waals surface area contributed by atoms with Crippen LogP contribution in [0, 0.1) is 0 Å². The van der Waals surface area contributed by atoms with E-state index in [1.54, 1.807) is 23.5 Å². The van der Waals surface area contributed by atoms with E-state index in [0.29, 0.717) is 5.69 Å². The first-order valence-electron chi connectivity index (χ1n) is 5.46. The van der Waals surface area contributed by atoms with Crippen LogP contribution in [0.2, 0.25) is 0 Å². The third kappa shape index (κ3) is 3.34. The van der Waals surface area contributed by atoms with E-state index in [4.69, 9.17) is 5.11 Å². The van der Waals surface area contributed by atoms with Crippen LogP contribution < -0.4 is 5.32 Å². The summed E-state index contributed by atoms with van der Waals surface area (Å²) in [6, 6.07) is 9.31. The van der Waals surface area contributed by atoms with Gasteiger partial charge in [-0.05, 0) is 36.1 Å². The Labute approximate surface area is 118 Å². The smallest absolute Gasteiger partial charge is 0.337 e. The lowest BCUT2D eigenvalue weighted by molar-refractivity contribution is 0.0698. The van der Waals surface area contributed by atoms with Crippen molar-refractivity contribution >= 4 is 38.9 Å². The standard InChI is InChI=1S/C13H12BrNO2S/c14-9-3-4-12(11(8-9)13(16)17)15-6-5-10-2-1-7-18-10/h1-4,7-8,15H,5-6H2,(H,16,17). The van der Waals surface area contributed by atoms with Crippen molar-refractivity contribution in [2.75, 3.05) is 11.9 Å². The number of nitrogens with one attached hydrogen (secondary N) is 1. The monoisotopic (exact) mass is 325 g/mol. The number of hydrogen-bond acceptors (Lipinski definition) is 3. The lowest BCUT2D eigenvalue weighted by Crippen LogP contribution is -2.09. The normalized spacial score (nSPS) is 10.3. The first-order chi connectivity index (χ1) is 8.66. The van der Waals surface area contributed by atoms with Gasteiger partial charge in [0.2, 0.25) is 0 Å². The van der Waals surface area contributed by atoms with Gasteiger partial charge in [0.15, 0.2) is 0 Å². The fourth-order valence-electron chi connectivity index (χ4n) is 1.62. The number of carbonyl (C=O) groups is 1. The molecular weight excluding hydrogens is 314 g/mol. The van der Waals surface area contributed by atoms with E-state index in [0.717, 1.165) is 17.4 Å². The second kappa shape index (κ2) is 6.02. The molecule has 1 heterocycles. The minimum atomic E-state index is -0.921. The molecule has 0 saturated carbocycles. The second-order valence-corrected chi connectivity index (χ2v) is 5.70. The van der Waals surface area contributed by atoms with Crippen molar-refractivity contribution in [2.24, 2.45) is 0 Å². The molecule has 0 fully saturated rings. The number of thiophene rings is 1. The summed E-state index contributed by atoms with van der Waals surface area (Å²) < 4.78 is 0.767. The van der Waals surface area contributed by atoms with Gasteiger partial charge in [0, 0.05) is 21.6 Å². The Kier molecular flexibility index (Phi) is 4.38. The van der Waals surface area contributed by atoms with E-state index < -0.39 is 5.97 Å². The second-order valence-electron chi connectivity index (χ2n) is 3.75. The van der Waals surface area contributed by atoms with Crippen LogP contribution in [0.5, 0.6) is 0 Å². The highest BCUT2D eigenvalue weighted by atomic mass is 79.9. The molecule has 18 heavy (non-hydrogen) atoms. The Balaban J connectivity index is 2.02. The Morgan fingerprint density at radius 1 is 1.39 bits per heavy atom. The Morgan fingerprint density at radius 2 is 2.22 bits per heavy atom. The van der Waals surface area contributed by atoms with E-state index in [-0.39, 0.29) is 5.56 Å². The van der Waals surface area contributed by atoms with Crippen LogP contribution in [0.25, 0.3) is 0 Å². The van der Waals surface area contributed by atoms with Crippen LogP contribution in [0.3, 0.4) is 0 Å². The van der Waals surface area contributed by atoms with Crippen molar-refractivity contribution in [3.05, 3.63) is 50.6 Å². The number of carboxylic acids is 1. The molecule has 94 valence electrons. The molecule has 2 N–H and O–H groups in total. The maximum atomic E-state index is 11.1. The fourth-order valence-corrected chi connectivity index (χ4v) is 2.69. The van der Waals surface area contributed by atoms with Gasteiger partial charge < -0.3 is 10.4 Å². The average molecular weight is 326 g/mol. The molecular formula is C13H12BrNO2S. The molecule has 0 aliphatic heterocycles. The molecule has 1 aromatic heterocycles. The van der Waals surface area contributed by atoms with Gasteiger partial charge in [-0.2, -0.15) is 0 Å². The number of rotatable bonds is 5. The summed E-state index contributed by atoms with van der Waals surface area (Å²) in [5, 5.41) is 14.3. The van der Waals surface area contributed by atoms with E-state index in [1.165, 1.54) is 4.88 Å². The highest BCUT2D eigenvalue weighted by molar-refractivity contribution is 9.10. The number of anilines is 1. The largest absolute Gasteiger partial charge is 0.478 e. The highest BCUT2D eigenvalue weighted by Gasteiger charge is 2.10. The predicted octanol–water partition coefficient (Wildman–Crippen LogP) is 3.86. The Morgan fingerprint density at radius 3 is 2.89 bits per heavy atom. The molecule has 0 aliphatic rings. The molecule has 0 bridgehead atoms. The van der Waals surface area contributed by atoms with Gasteiger partial charge >= 0.3 is 5.97 Å². The highest BCUT2D eigenvalue weighted by Crippen LogP contribution is 2.21. The number of aromatic carboxylic acids is 1. The third-order valence-electron chi connectivity index (χ3n) is 2.48. The topological polar surface area (TPSA) is 49.3 Å². The van der Waals surface area contributed by atoms with Gasteiger partial charge in [0.25, 0.3) is 0 Å². The van der Waals surface area contributed by atoms with Crippen LogP contribution in [0.4, 0.5) is 5.69 Å². The minimum Gasteiger partial charge on any atom is -0.478 e. The maximum absolute atomic E-state index is 11.1. The zero-order valence-corrected chi connectivity index (χ0v) is 11.9. The lowest BCUT2D eigenvalue weighted by atomic mass is 10.2. The molecule has 2 aromatic rings. The molecule has 0 radical (unpaired) electrons. The molecule has 2 rings (SSSR count). The van der Waals surface area contributed by atoms with E-state index in [2.05, 4.69) is 27.3 Å². The molecule has 0 unspecified atom stereocenters. The average Bonchev–Trinajstić information content (AvgIpc) is 2.84. The van der Waals surface area contributed by atoms with Crippen molar-refractivity contribution in [3.8, 4) is 0 Å². The van der Waals surface area contributed by atoms with Crippen LogP contribution in [-0.2, 0) is 6.42 Å². The number of halogens is 1. The SMILES string of the molecule is O=C(O)c1cc(Br)ccc1NCCc1cccs1. The van der Waals surface area contributed by atoms with Crippen LogP contribution in [0.15, 0.2) is 40.2 Å². The molecule has 0 saturated heterocycles. The molecule has 0 amide bonds. The summed E-state index contributed by atoms with van der Waals surface area (Å²) >= 11 is 4.98. The predicted molar refractivity (Wildman–Crippen MR) is 77.6 cm³/mol. The maximum Gasteiger partial charge on any atom is 0.337 e. The van der Waals surface area contributed by atoms with Gasteiger partial charge in [0.1, 0.15) is 0 Å². The van der Waals surface area contributed by atoms with Gasteiger partial charge in [-0.25, -0.2) is 4.79 Å². The lowest BCUT2D eigenvalue weighted by Gasteiger charge is -2.09. The van der Waals surface area contributed by atoms with Crippen molar-refractivity contribution in [3.63, 3.8) is 0 Å². The van der Waals surface area contributed by atoms with Crippen molar-refractivity contribution < 1.29 is 9.90 Å². The molecule has 3 nitrogen and oxygen atoms in total. The summed E-state index contributed by atoms with van der Waals surface area (Å²) in [5.41, 5.74) is 0.942. The summed E-state index contributed by atoms with van der Waals surface area (Å²) in [7, 11) is 0. The zero-order valence-electron chi connectivity index (χ0n) is 9.52. The van der Waals surface area contributed by atoms with E-state index in [1.807, 2.05) is 17.5 Å². The molecule has 0 spiro atoms. The molecule has 0 aliphatic carbocycles. The summed E-state index contributed by atoms with van der Waals surface area (Å²) in [6.45, 7) is 0.725. The van der Waals surface area contributed by atoms with Crippen molar-refractivity contribution in [1.82, 2.24) is 0 Å². The molecule has 0 atom stereocenters. The Bertz CT molecular complexity index is 540. The Hall–Kier alpha value is -1.33. The summed E-state index contributed by atoms with van der Waals surface area (Å²) in [6.07, 6.45) is 0.896. The van der Waals surface area contributed by atoms with Crippen LogP contribution in [0.1, 0.15) is 15.2 Å². The van der Waals surface area contributed by atoms with Gasteiger partial charge in [-0.15, -0.1) is 11.3 Å². The number of hydrogen-bond donors (Lipinski definition) is 2. The first kappa shape index (κ1) is 13.1. The van der Waals surface area contributed by atoms with Crippen molar-refractivity contribution in [1.29, 1.82) is 0 Å². The molecule has 5 heteroatoms. The van der Waals surface area contributed by atoms with Crippen molar-refractivity contribution in [2.45, 2.75) is 6.42 Å². The van der Waals surface area contributed by atoms with E-state index in [9.17, 15) is 4.79 Å². The fraction of sp³-hybridized carbons (Fsp3) is 0.154. The number of benzene rings is 1. The third-order valence-corrected chi connectivity index (χ3v) is 3.91. The molecule has 1 aromatic carbocycles. The number of carboxylic acid groups (broad SMARTS) is 1. The summed E-state index contributed by atoms with van der Waals surface area (Å²) in [5.74, 6) is -0.921. The van der Waals surface area contributed by atoms with Gasteiger partial charge in [-0.3, -0.25) is 0 Å². The van der Waals surface area contributed by atoms with Gasteiger partial charge in [0.05, 0.1) is 5.56 Å². The van der Waals surface area contributed by atoms with Crippen LogP contribution >= 0.6 is 27.3 Å².